The molecule has 0 aromatic carbocycles. The molecule has 0 aliphatic carbocycles. The van der Waals surface area contributed by atoms with Gasteiger partial charge in [-0.15, -0.1) is 0 Å². The predicted molar refractivity (Wildman–Crippen MR) is 45.1 cm³/mol. The van der Waals surface area contributed by atoms with Gasteiger partial charge in [-0.1, -0.05) is 6.42 Å². The molecule has 0 saturated heterocycles. The lowest BCUT2D eigenvalue weighted by Gasteiger charge is -2.04. The molecule has 60 valence electrons. The molecule has 3 heteroatoms. The first kappa shape index (κ1) is 10.1. The molecule has 0 aliphatic heterocycles. The number of unbranched alkanes of at least 4 members (excludes halogenated alkanes) is 1. The minimum Gasteiger partial charge on any atom is -0.415 e. The fourth-order valence-corrected chi connectivity index (χ4v) is 1.41. The molecule has 2 radical (unpaired) electrons. The van der Waals surface area contributed by atoms with Gasteiger partial charge in [-0.2, -0.15) is 0 Å². The van der Waals surface area contributed by atoms with E-state index in [4.69, 9.17) is 10.2 Å². The van der Waals surface area contributed by atoms with Gasteiger partial charge in [-0.05, 0) is 32.9 Å². The first-order valence-electron chi connectivity index (χ1n) is 3.86. The molecular formula is C7H17NOSi. The lowest BCUT2D eigenvalue weighted by Crippen LogP contribution is -2.07. The minimum atomic E-state index is 0.385. The van der Waals surface area contributed by atoms with Gasteiger partial charge in [0.05, 0.1) is 0 Å². The second-order valence-corrected chi connectivity index (χ2v) is 3.58. The van der Waals surface area contributed by atoms with Gasteiger partial charge < -0.3 is 10.2 Å². The van der Waals surface area contributed by atoms with Crippen LogP contribution < -0.4 is 5.73 Å². The molecule has 0 aromatic rings. The maximum Gasteiger partial charge on any atom is 0.230 e. The molecular weight excluding hydrogens is 142 g/mol. The molecule has 2 N–H and O–H groups in total. The first-order valence-corrected chi connectivity index (χ1v) is 4.97. The summed E-state index contributed by atoms with van der Waals surface area (Å²) in [6.45, 7) is 4.94. The third-order valence-corrected chi connectivity index (χ3v) is 2.25. The van der Waals surface area contributed by atoms with Crippen LogP contribution in [0.1, 0.15) is 26.7 Å². The van der Waals surface area contributed by atoms with Crippen molar-refractivity contribution in [1.82, 2.24) is 0 Å². The zero-order chi connectivity index (χ0) is 7.82. The standard InChI is InChI=1S/C7H17NOSi/c1-7(2)9-10-6-4-3-5-8/h7H,3-6,8H2,1-2H3. The highest BCUT2D eigenvalue weighted by molar-refractivity contribution is 6.27. The molecule has 0 amide bonds. The molecule has 0 aromatic heterocycles. The predicted octanol–water partition coefficient (Wildman–Crippen LogP) is 1.19. The van der Waals surface area contributed by atoms with Crippen LogP contribution >= 0.6 is 0 Å². The summed E-state index contributed by atoms with van der Waals surface area (Å²) < 4.78 is 5.38. The van der Waals surface area contributed by atoms with Crippen LogP contribution in [-0.4, -0.2) is 22.4 Å². The zero-order valence-corrected chi connectivity index (χ0v) is 7.89. The second-order valence-electron chi connectivity index (χ2n) is 2.56. The maximum atomic E-state index is 5.38. The van der Waals surface area contributed by atoms with Crippen molar-refractivity contribution in [3.8, 4) is 0 Å². The first-order chi connectivity index (χ1) is 4.77. The zero-order valence-electron chi connectivity index (χ0n) is 6.89. The Morgan fingerprint density at radius 2 is 2.10 bits per heavy atom. The fraction of sp³-hybridized carbons (Fsp3) is 1.00. The van der Waals surface area contributed by atoms with Crippen LogP contribution in [0.4, 0.5) is 0 Å². The monoisotopic (exact) mass is 159 g/mol. The quantitative estimate of drug-likeness (QED) is 0.467. The van der Waals surface area contributed by atoms with Crippen molar-refractivity contribution in [3.63, 3.8) is 0 Å². The summed E-state index contributed by atoms with van der Waals surface area (Å²) in [7, 11) is 0.667. The van der Waals surface area contributed by atoms with E-state index in [1.807, 2.05) is 0 Å². The Balaban J connectivity index is 2.77. The van der Waals surface area contributed by atoms with Crippen molar-refractivity contribution in [2.45, 2.75) is 38.8 Å². The Bertz CT molecular complexity index is 68.6. The van der Waals surface area contributed by atoms with Crippen LogP contribution in [0.25, 0.3) is 0 Å². The van der Waals surface area contributed by atoms with Crippen LogP contribution in [0.3, 0.4) is 0 Å². The average molecular weight is 159 g/mol. The second kappa shape index (κ2) is 7.25. The van der Waals surface area contributed by atoms with E-state index >= 15 is 0 Å². The van der Waals surface area contributed by atoms with Crippen LogP contribution in [0.5, 0.6) is 0 Å². The van der Waals surface area contributed by atoms with Crippen LogP contribution in [-0.2, 0) is 4.43 Å². The Labute approximate surface area is 66.1 Å². The molecule has 0 unspecified atom stereocenters. The van der Waals surface area contributed by atoms with Crippen LogP contribution in [0.2, 0.25) is 6.04 Å². The normalized spacial score (nSPS) is 10.8. The third-order valence-electron chi connectivity index (χ3n) is 1.05. The summed E-state index contributed by atoms with van der Waals surface area (Å²) in [5.74, 6) is 0. The van der Waals surface area contributed by atoms with Crippen LogP contribution in [0, 0.1) is 0 Å². The van der Waals surface area contributed by atoms with Crippen molar-refractivity contribution < 1.29 is 4.43 Å². The molecule has 2 nitrogen and oxygen atoms in total. The number of hydrogen-bond donors (Lipinski definition) is 1. The van der Waals surface area contributed by atoms with Crippen molar-refractivity contribution in [1.29, 1.82) is 0 Å². The van der Waals surface area contributed by atoms with Crippen molar-refractivity contribution in [2.24, 2.45) is 5.73 Å². The Kier molecular flexibility index (Phi) is 7.35. The summed E-state index contributed by atoms with van der Waals surface area (Å²) in [6, 6.07) is 1.18. The van der Waals surface area contributed by atoms with Gasteiger partial charge in [-0.3, -0.25) is 0 Å². The van der Waals surface area contributed by atoms with E-state index in [0.29, 0.717) is 15.9 Å². The van der Waals surface area contributed by atoms with Gasteiger partial charge in [0.1, 0.15) is 0 Å². The lowest BCUT2D eigenvalue weighted by molar-refractivity contribution is 0.255. The van der Waals surface area contributed by atoms with Gasteiger partial charge in [0, 0.05) is 6.10 Å². The maximum absolute atomic E-state index is 5.38. The topological polar surface area (TPSA) is 35.2 Å². The molecule has 0 rings (SSSR count). The highest BCUT2D eigenvalue weighted by Gasteiger charge is 1.94. The Morgan fingerprint density at radius 3 is 2.60 bits per heavy atom. The van der Waals surface area contributed by atoms with Gasteiger partial charge in [0.2, 0.25) is 9.76 Å². The summed E-state index contributed by atoms with van der Waals surface area (Å²) in [4.78, 5) is 0. The lowest BCUT2D eigenvalue weighted by atomic mass is 10.3. The smallest absolute Gasteiger partial charge is 0.230 e. The number of rotatable bonds is 6. The molecule has 0 bridgehead atoms. The molecule has 0 spiro atoms. The number of nitrogens with two attached hydrogens (primary N) is 1. The van der Waals surface area contributed by atoms with E-state index in [-0.39, 0.29) is 0 Å². The summed E-state index contributed by atoms with van der Waals surface area (Å²) >= 11 is 0. The molecule has 0 saturated carbocycles. The molecule has 10 heavy (non-hydrogen) atoms. The van der Waals surface area contributed by atoms with Gasteiger partial charge in [0.25, 0.3) is 0 Å². The molecule has 0 aliphatic rings. The Hall–Kier alpha value is 0.137. The molecule has 0 atom stereocenters. The van der Waals surface area contributed by atoms with Gasteiger partial charge >= 0.3 is 0 Å². The highest BCUT2D eigenvalue weighted by atomic mass is 28.2. The number of hydrogen-bond acceptors (Lipinski definition) is 2. The molecule has 0 fully saturated rings. The minimum absolute atomic E-state index is 0.385. The van der Waals surface area contributed by atoms with Gasteiger partial charge in [0.15, 0.2) is 0 Å². The van der Waals surface area contributed by atoms with Gasteiger partial charge in [-0.25, -0.2) is 0 Å². The highest BCUT2D eigenvalue weighted by Crippen LogP contribution is 1.95. The van der Waals surface area contributed by atoms with Crippen molar-refractivity contribution >= 4 is 9.76 Å². The van der Waals surface area contributed by atoms with E-state index in [1.165, 1.54) is 12.5 Å². The fourth-order valence-electron chi connectivity index (χ4n) is 0.567. The van der Waals surface area contributed by atoms with E-state index in [2.05, 4.69) is 13.8 Å². The average Bonchev–Trinajstić information content (AvgIpc) is 1.87. The third kappa shape index (κ3) is 8.14. The van der Waals surface area contributed by atoms with Crippen molar-refractivity contribution in [3.05, 3.63) is 0 Å². The van der Waals surface area contributed by atoms with E-state index in [9.17, 15) is 0 Å². The molecule has 0 heterocycles. The largest absolute Gasteiger partial charge is 0.415 e. The summed E-state index contributed by atoms with van der Waals surface area (Å²) in [5.41, 5.74) is 5.33. The van der Waals surface area contributed by atoms with E-state index in [0.717, 1.165) is 13.0 Å². The van der Waals surface area contributed by atoms with Crippen LogP contribution in [0.15, 0.2) is 0 Å². The SMILES string of the molecule is CC(C)O[Si]CCCCN. The van der Waals surface area contributed by atoms with Crippen molar-refractivity contribution in [2.75, 3.05) is 6.54 Å². The van der Waals surface area contributed by atoms with E-state index in [1.54, 1.807) is 0 Å². The van der Waals surface area contributed by atoms with E-state index < -0.39 is 0 Å². The Morgan fingerprint density at radius 1 is 1.40 bits per heavy atom. The summed E-state index contributed by atoms with van der Waals surface area (Å²) in [6.07, 6.45) is 2.73. The summed E-state index contributed by atoms with van der Waals surface area (Å²) in [5, 5.41) is 0.